The Kier molecular flexibility index (Phi) is 3.25. The van der Waals surface area contributed by atoms with Crippen molar-refractivity contribution < 1.29 is 4.92 Å². The number of non-ortho nitro benzene ring substituents is 1. The first kappa shape index (κ1) is 14.1. The summed E-state index contributed by atoms with van der Waals surface area (Å²) in [5.41, 5.74) is 1.40. The van der Waals surface area contributed by atoms with E-state index in [1.165, 1.54) is 12.1 Å². The predicted molar refractivity (Wildman–Crippen MR) is 77.6 cm³/mol. The van der Waals surface area contributed by atoms with Gasteiger partial charge in [0.25, 0.3) is 5.69 Å². The van der Waals surface area contributed by atoms with E-state index in [0.29, 0.717) is 21.8 Å². The maximum Gasteiger partial charge on any atom is 0.271 e. The van der Waals surface area contributed by atoms with Crippen molar-refractivity contribution in [1.82, 2.24) is 0 Å². The van der Waals surface area contributed by atoms with Crippen LogP contribution in [-0.4, -0.2) is 11.5 Å². The topological polar surface area (TPSA) is 55.2 Å². The second kappa shape index (κ2) is 4.37. The van der Waals surface area contributed by atoms with E-state index in [4.69, 9.17) is 11.6 Å². The Morgan fingerprint density at radius 1 is 1.32 bits per heavy atom. The van der Waals surface area contributed by atoms with Crippen LogP contribution in [0.5, 0.6) is 0 Å². The predicted octanol–water partition coefficient (Wildman–Crippen LogP) is 4.34. The van der Waals surface area contributed by atoms with Crippen molar-refractivity contribution in [3.8, 4) is 0 Å². The molecule has 1 aliphatic carbocycles. The fourth-order valence-corrected chi connectivity index (χ4v) is 3.06. The third-order valence-electron chi connectivity index (χ3n) is 4.98. The van der Waals surface area contributed by atoms with Gasteiger partial charge in [0.1, 0.15) is 0 Å². The van der Waals surface area contributed by atoms with Crippen molar-refractivity contribution in [3.63, 3.8) is 0 Å². The molecule has 2 rings (SSSR count). The molecule has 104 valence electrons. The highest BCUT2D eigenvalue weighted by molar-refractivity contribution is 6.33. The molecule has 1 N–H and O–H groups in total. The number of anilines is 1. The highest BCUT2D eigenvalue weighted by Crippen LogP contribution is 2.68. The maximum absolute atomic E-state index is 10.6. The molecule has 1 fully saturated rings. The van der Waals surface area contributed by atoms with Crippen LogP contribution in [-0.2, 0) is 0 Å². The summed E-state index contributed by atoms with van der Waals surface area (Å²) in [5.74, 6) is 0.575. The lowest BCUT2D eigenvalue weighted by Gasteiger charge is -2.09. The van der Waals surface area contributed by atoms with Crippen LogP contribution in [0.4, 0.5) is 11.4 Å². The smallest absolute Gasteiger partial charge is 0.271 e. The van der Waals surface area contributed by atoms with E-state index in [2.05, 4.69) is 33.0 Å². The minimum atomic E-state index is -0.442. The highest BCUT2D eigenvalue weighted by Gasteiger charge is 2.64. The van der Waals surface area contributed by atoms with Gasteiger partial charge in [0.2, 0.25) is 0 Å². The lowest BCUT2D eigenvalue weighted by Crippen LogP contribution is -2.08. The quantitative estimate of drug-likeness (QED) is 0.660. The molecule has 0 heterocycles. The first-order valence-corrected chi connectivity index (χ1v) is 6.73. The molecule has 0 spiro atoms. The third-order valence-corrected chi connectivity index (χ3v) is 5.29. The number of hydrogen-bond donors (Lipinski definition) is 1. The average molecular weight is 283 g/mol. The zero-order chi connectivity index (χ0) is 14.4. The van der Waals surface area contributed by atoms with Crippen LogP contribution < -0.4 is 5.32 Å². The summed E-state index contributed by atoms with van der Waals surface area (Å²) in [6.45, 7) is 9.87. The van der Waals surface area contributed by atoms with Crippen LogP contribution in [0.15, 0.2) is 18.2 Å². The first-order valence-electron chi connectivity index (χ1n) is 6.35. The SMILES string of the molecule is CC1(C)C(CNc2ccc([N+](=O)[O-])cc2Cl)C1(C)C. The van der Waals surface area contributed by atoms with Gasteiger partial charge in [-0.3, -0.25) is 10.1 Å². The van der Waals surface area contributed by atoms with Crippen molar-refractivity contribution in [2.75, 3.05) is 11.9 Å². The molecule has 0 bridgehead atoms. The van der Waals surface area contributed by atoms with Crippen LogP contribution in [0.2, 0.25) is 5.02 Å². The minimum absolute atomic E-state index is 0.0163. The number of nitro benzene ring substituents is 1. The van der Waals surface area contributed by atoms with E-state index >= 15 is 0 Å². The molecule has 0 aliphatic heterocycles. The van der Waals surface area contributed by atoms with E-state index in [1.54, 1.807) is 6.07 Å². The summed E-state index contributed by atoms with van der Waals surface area (Å²) in [5, 5.41) is 14.3. The highest BCUT2D eigenvalue weighted by atomic mass is 35.5. The number of nitrogens with zero attached hydrogens (tertiary/aromatic N) is 1. The number of hydrogen-bond acceptors (Lipinski definition) is 3. The average Bonchev–Trinajstić information content (AvgIpc) is 2.68. The van der Waals surface area contributed by atoms with Crippen LogP contribution in [0.3, 0.4) is 0 Å². The minimum Gasteiger partial charge on any atom is -0.384 e. The Labute approximate surface area is 118 Å². The molecule has 0 unspecified atom stereocenters. The van der Waals surface area contributed by atoms with Gasteiger partial charge in [-0.25, -0.2) is 0 Å². The standard InChI is InChI=1S/C14H19ClN2O2/c1-13(2)12(14(13,3)4)8-16-11-6-5-9(17(18)19)7-10(11)15/h5-7,12,16H,8H2,1-4H3. The Morgan fingerprint density at radius 2 is 1.89 bits per heavy atom. The van der Waals surface area contributed by atoms with Gasteiger partial charge in [-0.05, 0) is 22.8 Å². The van der Waals surface area contributed by atoms with Crippen molar-refractivity contribution in [2.45, 2.75) is 27.7 Å². The number of nitro groups is 1. The van der Waals surface area contributed by atoms with E-state index in [1.807, 2.05) is 0 Å². The molecule has 0 radical (unpaired) electrons. The van der Waals surface area contributed by atoms with Gasteiger partial charge in [-0.1, -0.05) is 39.3 Å². The Morgan fingerprint density at radius 3 is 2.32 bits per heavy atom. The number of rotatable bonds is 4. The van der Waals surface area contributed by atoms with Gasteiger partial charge in [0.15, 0.2) is 0 Å². The first-order chi connectivity index (χ1) is 8.68. The molecule has 1 saturated carbocycles. The Balaban J connectivity index is 2.04. The normalized spacial score (nSPS) is 20.1. The molecule has 5 heteroatoms. The van der Waals surface area contributed by atoms with Gasteiger partial charge in [-0.15, -0.1) is 0 Å². The molecular formula is C14H19ClN2O2. The van der Waals surface area contributed by atoms with E-state index in [0.717, 1.165) is 12.2 Å². The van der Waals surface area contributed by atoms with Crippen molar-refractivity contribution in [3.05, 3.63) is 33.3 Å². The third kappa shape index (κ3) is 2.29. The molecule has 1 aromatic carbocycles. The fourth-order valence-electron chi connectivity index (χ4n) is 2.82. The summed E-state index contributed by atoms with van der Waals surface area (Å²) in [6, 6.07) is 4.52. The van der Waals surface area contributed by atoms with Gasteiger partial charge in [-0.2, -0.15) is 0 Å². The zero-order valence-corrected chi connectivity index (χ0v) is 12.4. The molecular weight excluding hydrogens is 264 g/mol. The molecule has 0 saturated heterocycles. The van der Waals surface area contributed by atoms with Crippen molar-refractivity contribution in [2.24, 2.45) is 16.7 Å². The molecule has 4 nitrogen and oxygen atoms in total. The molecule has 1 aliphatic rings. The van der Waals surface area contributed by atoms with Gasteiger partial charge >= 0.3 is 0 Å². The Bertz CT molecular complexity index is 512. The summed E-state index contributed by atoms with van der Waals surface area (Å²) in [6.07, 6.45) is 0. The largest absolute Gasteiger partial charge is 0.384 e. The van der Waals surface area contributed by atoms with Crippen molar-refractivity contribution >= 4 is 23.0 Å². The lowest BCUT2D eigenvalue weighted by molar-refractivity contribution is -0.384. The second-order valence-electron chi connectivity index (χ2n) is 6.30. The summed E-state index contributed by atoms with van der Waals surface area (Å²) < 4.78 is 0. The van der Waals surface area contributed by atoms with Crippen LogP contribution in [0.1, 0.15) is 27.7 Å². The molecule has 0 amide bonds. The summed E-state index contributed by atoms with van der Waals surface area (Å²) in [7, 11) is 0. The van der Waals surface area contributed by atoms with Crippen LogP contribution >= 0.6 is 11.6 Å². The van der Waals surface area contributed by atoms with Gasteiger partial charge in [0.05, 0.1) is 15.6 Å². The fraction of sp³-hybridized carbons (Fsp3) is 0.571. The number of halogens is 1. The molecule has 0 atom stereocenters. The van der Waals surface area contributed by atoms with Gasteiger partial charge in [0, 0.05) is 18.7 Å². The second-order valence-corrected chi connectivity index (χ2v) is 6.71. The number of nitrogens with one attached hydrogen (secondary N) is 1. The van der Waals surface area contributed by atoms with Crippen LogP contribution in [0, 0.1) is 26.9 Å². The van der Waals surface area contributed by atoms with Gasteiger partial charge < -0.3 is 5.32 Å². The van der Waals surface area contributed by atoms with E-state index < -0.39 is 4.92 Å². The summed E-state index contributed by atoms with van der Waals surface area (Å²) in [4.78, 5) is 10.2. The Hall–Kier alpha value is -1.29. The van der Waals surface area contributed by atoms with E-state index in [9.17, 15) is 10.1 Å². The molecule has 1 aromatic rings. The molecule has 19 heavy (non-hydrogen) atoms. The monoisotopic (exact) mass is 282 g/mol. The summed E-state index contributed by atoms with van der Waals surface area (Å²) >= 11 is 6.05. The van der Waals surface area contributed by atoms with Crippen LogP contribution in [0.25, 0.3) is 0 Å². The van der Waals surface area contributed by atoms with Crippen molar-refractivity contribution in [1.29, 1.82) is 0 Å². The van der Waals surface area contributed by atoms with E-state index in [-0.39, 0.29) is 5.69 Å². The lowest BCUT2D eigenvalue weighted by atomic mass is 10.0. The number of benzene rings is 1. The zero-order valence-electron chi connectivity index (χ0n) is 11.7. The maximum atomic E-state index is 10.6. The molecule has 0 aromatic heterocycles.